The predicted octanol–water partition coefficient (Wildman–Crippen LogP) is 1.08. The van der Waals surface area contributed by atoms with Crippen molar-refractivity contribution < 1.29 is 14.7 Å². The molecule has 2 rings (SSSR count). The van der Waals surface area contributed by atoms with Crippen LogP contribution in [0.25, 0.3) is 0 Å². The average molecular weight is 251 g/mol. The molecule has 0 bridgehead atoms. The van der Waals surface area contributed by atoms with Crippen molar-refractivity contribution in [3.63, 3.8) is 0 Å². The van der Waals surface area contributed by atoms with E-state index in [1.165, 1.54) is 11.8 Å². The molecule has 0 aromatic heterocycles. The fourth-order valence-corrected chi connectivity index (χ4v) is 2.65. The van der Waals surface area contributed by atoms with E-state index in [-0.39, 0.29) is 23.7 Å². The van der Waals surface area contributed by atoms with Gasteiger partial charge in [-0.25, -0.2) is 0 Å². The highest BCUT2D eigenvalue weighted by Crippen LogP contribution is 2.28. The first-order valence-electron chi connectivity index (χ1n) is 5.39. The number of benzene rings is 1. The summed E-state index contributed by atoms with van der Waals surface area (Å²) < 4.78 is 0. The first kappa shape index (κ1) is 12.1. The van der Waals surface area contributed by atoms with Gasteiger partial charge in [0.25, 0.3) is 0 Å². The minimum atomic E-state index is -0.211. The largest absolute Gasteiger partial charge is 0.392 e. The highest BCUT2D eigenvalue weighted by molar-refractivity contribution is 8.00. The van der Waals surface area contributed by atoms with Gasteiger partial charge in [-0.3, -0.25) is 14.9 Å². The third-order valence-corrected chi connectivity index (χ3v) is 3.85. The summed E-state index contributed by atoms with van der Waals surface area (Å²) in [5.74, 6) is -0.403. The fraction of sp³-hybridized carbons (Fsp3) is 0.333. The molecule has 1 aromatic carbocycles. The Labute approximate surface area is 103 Å². The maximum absolute atomic E-state index is 11.5. The number of carbonyl (C=O) groups excluding carboxylic acids is 2. The summed E-state index contributed by atoms with van der Waals surface area (Å²) in [7, 11) is 0. The lowest BCUT2D eigenvalue weighted by Crippen LogP contribution is -2.42. The maximum Gasteiger partial charge on any atom is 0.240 e. The second-order valence-corrected chi connectivity index (χ2v) is 5.14. The number of aliphatic hydroxyl groups is 1. The molecule has 1 unspecified atom stereocenters. The molecule has 1 aliphatic heterocycles. The first-order valence-corrected chi connectivity index (χ1v) is 6.27. The molecule has 1 saturated heterocycles. The van der Waals surface area contributed by atoms with Crippen LogP contribution in [-0.4, -0.2) is 22.2 Å². The van der Waals surface area contributed by atoms with Gasteiger partial charge in [-0.05, 0) is 24.1 Å². The summed E-state index contributed by atoms with van der Waals surface area (Å²) >= 11 is 1.45. The van der Waals surface area contributed by atoms with Crippen molar-refractivity contribution in [2.24, 2.45) is 0 Å². The zero-order chi connectivity index (χ0) is 12.3. The topological polar surface area (TPSA) is 66.4 Å². The van der Waals surface area contributed by atoms with Gasteiger partial charge in [0, 0.05) is 11.3 Å². The van der Waals surface area contributed by atoms with Gasteiger partial charge in [-0.2, -0.15) is 0 Å². The number of nitrogens with one attached hydrogen (secondary N) is 1. The van der Waals surface area contributed by atoms with Crippen LogP contribution in [0.3, 0.4) is 0 Å². The second kappa shape index (κ2) is 5.33. The van der Waals surface area contributed by atoms with Crippen molar-refractivity contribution in [3.8, 4) is 0 Å². The Morgan fingerprint density at radius 3 is 2.59 bits per heavy atom. The van der Waals surface area contributed by atoms with E-state index in [0.29, 0.717) is 12.8 Å². The van der Waals surface area contributed by atoms with Crippen LogP contribution >= 0.6 is 11.8 Å². The molecule has 2 N–H and O–H groups in total. The zero-order valence-electron chi connectivity index (χ0n) is 9.18. The van der Waals surface area contributed by atoms with E-state index in [1.54, 1.807) is 0 Å². The molecule has 2 amide bonds. The number of amides is 2. The van der Waals surface area contributed by atoms with Gasteiger partial charge in [-0.1, -0.05) is 12.1 Å². The Morgan fingerprint density at radius 2 is 2.00 bits per heavy atom. The van der Waals surface area contributed by atoms with Gasteiger partial charge in [0.2, 0.25) is 11.8 Å². The van der Waals surface area contributed by atoms with Crippen molar-refractivity contribution in [1.29, 1.82) is 0 Å². The molecular weight excluding hydrogens is 238 g/mol. The maximum atomic E-state index is 11.5. The van der Waals surface area contributed by atoms with Crippen LogP contribution < -0.4 is 5.32 Å². The lowest BCUT2D eigenvalue weighted by Gasteiger charge is -2.20. The second-order valence-electron chi connectivity index (χ2n) is 3.86. The molecule has 90 valence electrons. The van der Waals surface area contributed by atoms with E-state index >= 15 is 0 Å². The molecule has 4 nitrogen and oxygen atoms in total. The quantitative estimate of drug-likeness (QED) is 0.789. The van der Waals surface area contributed by atoms with Crippen LogP contribution in [0.4, 0.5) is 0 Å². The van der Waals surface area contributed by atoms with Gasteiger partial charge < -0.3 is 5.11 Å². The van der Waals surface area contributed by atoms with E-state index in [2.05, 4.69) is 5.32 Å². The summed E-state index contributed by atoms with van der Waals surface area (Å²) in [5, 5.41) is 11.0. The van der Waals surface area contributed by atoms with Crippen molar-refractivity contribution >= 4 is 23.6 Å². The molecule has 0 radical (unpaired) electrons. The number of imide groups is 1. The van der Waals surface area contributed by atoms with Crippen molar-refractivity contribution in [1.82, 2.24) is 5.32 Å². The molecule has 17 heavy (non-hydrogen) atoms. The average Bonchev–Trinajstić information content (AvgIpc) is 2.34. The minimum Gasteiger partial charge on any atom is -0.392 e. The Bertz CT molecular complexity index is 430. The number of carbonyl (C=O) groups is 2. The Kier molecular flexibility index (Phi) is 3.81. The van der Waals surface area contributed by atoms with Crippen molar-refractivity contribution in [3.05, 3.63) is 29.8 Å². The highest BCUT2D eigenvalue weighted by atomic mass is 32.2. The summed E-state index contributed by atoms with van der Waals surface area (Å²) in [4.78, 5) is 23.5. The normalized spacial score (nSPS) is 20.2. The van der Waals surface area contributed by atoms with E-state index in [4.69, 9.17) is 5.11 Å². The summed E-state index contributed by atoms with van der Waals surface area (Å²) in [6.45, 7) is 0.0172. The van der Waals surface area contributed by atoms with Gasteiger partial charge in [0.15, 0.2) is 0 Å². The molecule has 1 aromatic rings. The first-order chi connectivity index (χ1) is 8.19. The Balaban J connectivity index is 2.00. The third-order valence-electron chi connectivity index (χ3n) is 2.57. The van der Waals surface area contributed by atoms with Crippen LogP contribution in [0.5, 0.6) is 0 Å². The molecule has 1 atom stereocenters. The smallest absolute Gasteiger partial charge is 0.240 e. The molecule has 1 heterocycles. The molecule has 0 aliphatic carbocycles. The molecule has 1 aliphatic rings. The highest BCUT2D eigenvalue weighted by Gasteiger charge is 2.27. The SMILES string of the molecule is O=C1CCC(Sc2ccc(CO)cc2)C(=O)N1. The molecule has 5 heteroatoms. The van der Waals surface area contributed by atoms with Crippen LogP contribution in [0.2, 0.25) is 0 Å². The number of piperidine rings is 1. The fourth-order valence-electron chi connectivity index (χ4n) is 1.62. The Morgan fingerprint density at radius 1 is 1.29 bits per heavy atom. The summed E-state index contributed by atoms with van der Waals surface area (Å²) in [5.41, 5.74) is 0.845. The van der Waals surface area contributed by atoms with Gasteiger partial charge in [0.05, 0.1) is 11.9 Å². The predicted molar refractivity (Wildman–Crippen MR) is 64.4 cm³/mol. The number of hydrogen-bond donors (Lipinski definition) is 2. The third kappa shape index (κ3) is 3.08. The number of aliphatic hydroxyl groups excluding tert-OH is 1. The lowest BCUT2D eigenvalue weighted by atomic mass is 10.1. The number of rotatable bonds is 3. The lowest BCUT2D eigenvalue weighted by molar-refractivity contribution is -0.132. The van der Waals surface area contributed by atoms with E-state index < -0.39 is 0 Å². The molecule has 0 saturated carbocycles. The monoisotopic (exact) mass is 251 g/mol. The molecular formula is C12H13NO3S. The Hall–Kier alpha value is -1.33. The number of hydrogen-bond acceptors (Lipinski definition) is 4. The molecule has 1 fully saturated rings. The van der Waals surface area contributed by atoms with Crippen molar-refractivity contribution in [2.75, 3.05) is 0 Å². The van der Waals surface area contributed by atoms with Crippen LogP contribution in [-0.2, 0) is 16.2 Å². The van der Waals surface area contributed by atoms with Crippen molar-refractivity contribution in [2.45, 2.75) is 29.6 Å². The van der Waals surface area contributed by atoms with E-state index in [9.17, 15) is 9.59 Å². The van der Waals surface area contributed by atoms with Crippen LogP contribution in [0.1, 0.15) is 18.4 Å². The summed E-state index contributed by atoms with van der Waals surface area (Å²) in [6.07, 6.45) is 0.981. The van der Waals surface area contributed by atoms with Gasteiger partial charge >= 0.3 is 0 Å². The van der Waals surface area contributed by atoms with E-state index in [1.807, 2.05) is 24.3 Å². The van der Waals surface area contributed by atoms with Crippen LogP contribution in [0, 0.1) is 0 Å². The molecule has 0 spiro atoms. The standard InChI is InChI=1S/C12H13NO3S/c14-7-8-1-3-9(4-2-8)17-10-5-6-11(15)13-12(10)16/h1-4,10,14H,5-7H2,(H,13,15,16). The summed E-state index contributed by atoms with van der Waals surface area (Å²) in [6, 6.07) is 7.41. The van der Waals surface area contributed by atoms with Gasteiger partial charge in [0.1, 0.15) is 0 Å². The van der Waals surface area contributed by atoms with Gasteiger partial charge in [-0.15, -0.1) is 11.8 Å². The number of thioether (sulfide) groups is 1. The zero-order valence-corrected chi connectivity index (χ0v) is 10.00. The van der Waals surface area contributed by atoms with E-state index in [0.717, 1.165) is 10.5 Å². The van der Waals surface area contributed by atoms with Crippen LogP contribution in [0.15, 0.2) is 29.2 Å². The minimum absolute atomic E-state index is 0.0172.